The third-order valence-electron chi connectivity index (χ3n) is 2.27. The predicted molar refractivity (Wildman–Crippen MR) is 57.9 cm³/mol. The van der Waals surface area contributed by atoms with Crippen molar-refractivity contribution < 1.29 is 4.84 Å². The smallest absolute Gasteiger partial charge is 0.0720 e. The molecule has 0 aliphatic rings. The first-order valence-electron chi connectivity index (χ1n) is 4.81. The number of aromatic amines is 1. The number of aromatic nitrogens is 2. The Bertz CT molecular complexity index is 411. The van der Waals surface area contributed by atoms with Crippen LogP contribution in [0.25, 0.3) is 11.3 Å². The molecule has 3 N–H and O–H groups in total. The number of H-pyrrole nitrogens is 1. The molecule has 0 fully saturated rings. The first-order chi connectivity index (χ1) is 7.42. The Hall–Kier alpha value is -1.65. The summed E-state index contributed by atoms with van der Waals surface area (Å²) in [4.78, 5) is 4.56. The minimum atomic E-state index is 0.499. The third-order valence-corrected chi connectivity index (χ3v) is 2.27. The zero-order valence-corrected chi connectivity index (χ0v) is 8.31. The fourth-order valence-electron chi connectivity index (χ4n) is 1.52. The SMILES string of the molecule is NOCCc1cn[nH]c1-c1ccccc1. The van der Waals surface area contributed by atoms with Gasteiger partial charge in [-0.25, -0.2) is 5.90 Å². The molecular formula is C11H13N3O. The maximum atomic E-state index is 5.00. The lowest BCUT2D eigenvalue weighted by atomic mass is 10.1. The number of rotatable bonds is 4. The van der Waals surface area contributed by atoms with Gasteiger partial charge < -0.3 is 4.84 Å². The van der Waals surface area contributed by atoms with E-state index in [2.05, 4.69) is 15.0 Å². The highest BCUT2D eigenvalue weighted by Gasteiger charge is 2.06. The molecule has 0 radical (unpaired) electrons. The van der Waals surface area contributed by atoms with Gasteiger partial charge in [-0.1, -0.05) is 30.3 Å². The van der Waals surface area contributed by atoms with Crippen molar-refractivity contribution in [2.75, 3.05) is 6.61 Å². The van der Waals surface area contributed by atoms with E-state index in [4.69, 9.17) is 5.90 Å². The van der Waals surface area contributed by atoms with Gasteiger partial charge in [-0.3, -0.25) is 5.10 Å². The van der Waals surface area contributed by atoms with E-state index in [0.29, 0.717) is 6.61 Å². The lowest BCUT2D eigenvalue weighted by Gasteiger charge is -2.01. The molecule has 0 spiro atoms. The standard InChI is InChI=1S/C11H13N3O/c12-15-7-6-10-8-13-14-11(10)9-4-2-1-3-5-9/h1-5,8H,6-7,12H2,(H,13,14). The van der Waals surface area contributed by atoms with E-state index < -0.39 is 0 Å². The summed E-state index contributed by atoms with van der Waals surface area (Å²) in [5.74, 6) is 5.00. The average molecular weight is 203 g/mol. The molecule has 4 heteroatoms. The van der Waals surface area contributed by atoms with Crippen molar-refractivity contribution in [1.82, 2.24) is 10.2 Å². The van der Waals surface area contributed by atoms with Gasteiger partial charge in [0.25, 0.3) is 0 Å². The number of hydrogen-bond acceptors (Lipinski definition) is 3. The Labute approximate surface area is 88.0 Å². The Morgan fingerprint density at radius 2 is 2.07 bits per heavy atom. The summed E-state index contributed by atoms with van der Waals surface area (Å²) in [7, 11) is 0. The predicted octanol–water partition coefficient (Wildman–Crippen LogP) is 1.51. The quantitative estimate of drug-likeness (QED) is 0.740. The molecule has 1 aromatic heterocycles. The van der Waals surface area contributed by atoms with Crippen LogP contribution in [0.2, 0.25) is 0 Å². The summed E-state index contributed by atoms with van der Waals surface area (Å²) in [6.45, 7) is 0.499. The molecule has 0 saturated carbocycles. The molecule has 2 aromatic rings. The zero-order valence-electron chi connectivity index (χ0n) is 8.31. The fraction of sp³-hybridized carbons (Fsp3) is 0.182. The summed E-state index contributed by atoms with van der Waals surface area (Å²) in [5, 5.41) is 7.01. The second-order valence-electron chi connectivity index (χ2n) is 3.26. The molecule has 2 rings (SSSR count). The van der Waals surface area contributed by atoms with Gasteiger partial charge in [0.1, 0.15) is 0 Å². The van der Waals surface area contributed by atoms with E-state index in [9.17, 15) is 0 Å². The minimum absolute atomic E-state index is 0.499. The first-order valence-corrected chi connectivity index (χ1v) is 4.81. The van der Waals surface area contributed by atoms with Crippen LogP contribution in [0.5, 0.6) is 0 Å². The van der Waals surface area contributed by atoms with Crippen molar-refractivity contribution in [2.45, 2.75) is 6.42 Å². The van der Waals surface area contributed by atoms with Crippen molar-refractivity contribution in [1.29, 1.82) is 0 Å². The van der Waals surface area contributed by atoms with Crippen molar-refractivity contribution in [3.63, 3.8) is 0 Å². The van der Waals surface area contributed by atoms with E-state index in [1.807, 2.05) is 30.3 Å². The van der Waals surface area contributed by atoms with Crippen LogP contribution in [0.4, 0.5) is 0 Å². The first kappa shape index (κ1) is 9.89. The van der Waals surface area contributed by atoms with E-state index in [1.165, 1.54) is 0 Å². The largest absolute Gasteiger partial charge is 0.304 e. The summed E-state index contributed by atoms with van der Waals surface area (Å²) in [6.07, 6.45) is 2.57. The maximum Gasteiger partial charge on any atom is 0.0720 e. The van der Waals surface area contributed by atoms with Crippen LogP contribution >= 0.6 is 0 Å². The Balaban J connectivity index is 2.25. The Morgan fingerprint density at radius 3 is 2.80 bits per heavy atom. The van der Waals surface area contributed by atoms with Crippen LogP contribution in [-0.4, -0.2) is 16.8 Å². The molecule has 0 saturated heterocycles. The van der Waals surface area contributed by atoms with Gasteiger partial charge in [0.2, 0.25) is 0 Å². The lowest BCUT2D eigenvalue weighted by molar-refractivity contribution is 0.141. The highest BCUT2D eigenvalue weighted by molar-refractivity contribution is 5.62. The van der Waals surface area contributed by atoms with Gasteiger partial charge in [0, 0.05) is 12.0 Å². The Morgan fingerprint density at radius 1 is 1.27 bits per heavy atom. The van der Waals surface area contributed by atoms with Crippen LogP contribution in [-0.2, 0) is 11.3 Å². The molecule has 0 aliphatic heterocycles. The zero-order chi connectivity index (χ0) is 10.5. The maximum absolute atomic E-state index is 5.00. The summed E-state index contributed by atoms with van der Waals surface area (Å²) >= 11 is 0. The third kappa shape index (κ3) is 2.23. The molecule has 0 aliphatic carbocycles. The van der Waals surface area contributed by atoms with Crippen LogP contribution < -0.4 is 5.90 Å². The highest BCUT2D eigenvalue weighted by Crippen LogP contribution is 2.20. The molecule has 1 aromatic carbocycles. The van der Waals surface area contributed by atoms with Gasteiger partial charge in [-0.15, -0.1) is 0 Å². The number of hydrogen-bond donors (Lipinski definition) is 2. The van der Waals surface area contributed by atoms with Gasteiger partial charge in [-0.2, -0.15) is 5.10 Å². The van der Waals surface area contributed by atoms with Gasteiger partial charge in [-0.05, 0) is 5.56 Å². The number of nitrogens with zero attached hydrogens (tertiary/aromatic N) is 1. The lowest BCUT2D eigenvalue weighted by Crippen LogP contribution is -2.03. The molecule has 0 unspecified atom stereocenters. The van der Waals surface area contributed by atoms with E-state index in [-0.39, 0.29) is 0 Å². The van der Waals surface area contributed by atoms with Crippen LogP contribution in [0.3, 0.4) is 0 Å². The topological polar surface area (TPSA) is 63.9 Å². The number of benzene rings is 1. The minimum Gasteiger partial charge on any atom is -0.304 e. The van der Waals surface area contributed by atoms with Gasteiger partial charge >= 0.3 is 0 Å². The summed E-state index contributed by atoms with van der Waals surface area (Å²) in [5.41, 5.74) is 3.28. The van der Waals surface area contributed by atoms with Crippen molar-refractivity contribution >= 4 is 0 Å². The monoisotopic (exact) mass is 203 g/mol. The second-order valence-corrected chi connectivity index (χ2v) is 3.26. The van der Waals surface area contributed by atoms with E-state index in [0.717, 1.165) is 23.2 Å². The number of nitrogens with two attached hydrogens (primary N) is 1. The number of nitrogens with one attached hydrogen (secondary N) is 1. The molecular weight excluding hydrogens is 190 g/mol. The Kier molecular flexibility index (Phi) is 3.11. The molecule has 15 heavy (non-hydrogen) atoms. The highest BCUT2D eigenvalue weighted by atomic mass is 16.6. The summed E-state index contributed by atoms with van der Waals surface area (Å²) < 4.78 is 0. The normalized spacial score (nSPS) is 10.5. The van der Waals surface area contributed by atoms with E-state index in [1.54, 1.807) is 6.20 Å². The van der Waals surface area contributed by atoms with Gasteiger partial charge in [0.15, 0.2) is 0 Å². The van der Waals surface area contributed by atoms with Gasteiger partial charge in [0.05, 0.1) is 18.5 Å². The van der Waals surface area contributed by atoms with Crippen molar-refractivity contribution in [3.8, 4) is 11.3 Å². The molecule has 0 amide bonds. The molecule has 0 atom stereocenters. The van der Waals surface area contributed by atoms with Crippen molar-refractivity contribution in [2.24, 2.45) is 5.90 Å². The summed E-state index contributed by atoms with van der Waals surface area (Å²) in [6, 6.07) is 10.1. The fourth-order valence-corrected chi connectivity index (χ4v) is 1.52. The molecule has 4 nitrogen and oxygen atoms in total. The van der Waals surface area contributed by atoms with Crippen molar-refractivity contribution in [3.05, 3.63) is 42.1 Å². The van der Waals surface area contributed by atoms with Crippen LogP contribution in [0.15, 0.2) is 36.5 Å². The molecule has 78 valence electrons. The van der Waals surface area contributed by atoms with Crippen LogP contribution in [0, 0.1) is 0 Å². The van der Waals surface area contributed by atoms with Crippen LogP contribution in [0.1, 0.15) is 5.56 Å². The molecule has 1 heterocycles. The second kappa shape index (κ2) is 4.72. The molecule has 0 bridgehead atoms. The average Bonchev–Trinajstić information content (AvgIpc) is 2.75. The van der Waals surface area contributed by atoms with E-state index >= 15 is 0 Å².